The molecule has 1 aromatic rings. The standard InChI is InChI=1S/C14H20F3N5O/c1-10-2-4-21(5-3-10)12(23)9-20-6-7-22-11(8-20)18-19-13(22)14(15,16)17/h10H,2-9H2,1H3. The molecule has 23 heavy (non-hydrogen) atoms. The van der Waals surface area contributed by atoms with E-state index in [9.17, 15) is 18.0 Å². The molecule has 0 bridgehead atoms. The highest BCUT2D eigenvalue weighted by Gasteiger charge is 2.39. The molecule has 0 saturated carbocycles. The first kappa shape index (κ1) is 16.2. The van der Waals surface area contributed by atoms with Crippen LogP contribution in [0, 0.1) is 5.92 Å². The van der Waals surface area contributed by atoms with E-state index in [2.05, 4.69) is 17.1 Å². The Hall–Kier alpha value is -1.64. The summed E-state index contributed by atoms with van der Waals surface area (Å²) < 4.78 is 39.5. The van der Waals surface area contributed by atoms with E-state index >= 15 is 0 Å². The lowest BCUT2D eigenvalue weighted by Gasteiger charge is -2.33. The molecule has 1 saturated heterocycles. The van der Waals surface area contributed by atoms with Crippen LogP contribution in [0.3, 0.4) is 0 Å². The van der Waals surface area contributed by atoms with Gasteiger partial charge in [0.1, 0.15) is 5.82 Å². The topological polar surface area (TPSA) is 54.3 Å². The largest absolute Gasteiger partial charge is 0.451 e. The Bertz CT molecular complexity index is 577. The van der Waals surface area contributed by atoms with Crippen LogP contribution in [-0.2, 0) is 24.1 Å². The Kier molecular flexibility index (Phi) is 4.31. The van der Waals surface area contributed by atoms with E-state index in [1.54, 1.807) is 0 Å². The first-order chi connectivity index (χ1) is 10.8. The van der Waals surface area contributed by atoms with Crippen molar-refractivity contribution >= 4 is 5.91 Å². The highest BCUT2D eigenvalue weighted by Crippen LogP contribution is 2.29. The molecule has 128 valence electrons. The van der Waals surface area contributed by atoms with Gasteiger partial charge < -0.3 is 9.47 Å². The van der Waals surface area contributed by atoms with Gasteiger partial charge in [0.05, 0.1) is 13.1 Å². The van der Waals surface area contributed by atoms with Crippen molar-refractivity contribution in [3.63, 3.8) is 0 Å². The summed E-state index contributed by atoms with van der Waals surface area (Å²) in [4.78, 5) is 16.0. The molecule has 0 spiro atoms. The van der Waals surface area contributed by atoms with E-state index in [-0.39, 0.29) is 31.4 Å². The maximum absolute atomic E-state index is 12.8. The van der Waals surface area contributed by atoms with Crippen molar-refractivity contribution in [3.8, 4) is 0 Å². The molecule has 3 rings (SSSR count). The van der Waals surface area contributed by atoms with Crippen molar-refractivity contribution in [2.75, 3.05) is 26.2 Å². The number of fused-ring (bicyclic) bond motifs is 1. The Morgan fingerprint density at radius 1 is 1.17 bits per heavy atom. The molecule has 0 aromatic carbocycles. The highest BCUT2D eigenvalue weighted by atomic mass is 19.4. The molecule has 9 heteroatoms. The summed E-state index contributed by atoms with van der Waals surface area (Å²) in [5.74, 6) is 0.00132. The normalized spacial score (nSPS) is 20.6. The van der Waals surface area contributed by atoms with Crippen LogP contribution in [0.1, 0.15) is 31.4 Å². The van der Waals surface area contributed by atoms with Gasteiger partial charge in [-0.15, -0.1) is 10.2 Å². The molecule has 0 N–H and O–H groups in total. The minimum absolute atomic E-state index is 0.0425. The van der Waals surface area contributed by atoms with Crippen LogP contribution >= 0.6 is 0 Å². The zero-order chi connectivity index (χ0) is 16.6. The van der Waals surface area contributed by atoms with Gasteiger partial charge in [-0.3, -0.25) is 9.69 Å². The number of alkyl halides is 3. The highest BCUT2D eigenvalue weighted by molar-refractivity contribution is 5.78. The molecule has 0 aliphatic carbocycles. The fraction of sp³-hybridized carbons (Fsp3) is 0.786. The molecule has 0 atom stereocenters. The summed E-state index contributed by atoms with van der Waals surface area (Å²) in [6, 6.07) is 0. The predicted molar refractivity (Wildman–Crippen MR) is 75.3 cm³/mol. The lowest BCUT2D eigenvalue weighted by molar-refractivity contribution is -0.148. The van der Waals surface area contributed by atoms with E-state index in [0.29, 0.717) is 12.5 Å². The first-order valence-corrected chi connectivity index (χ1v) is 7.84. The fourth-order valence-electron chi connectivity index (χ4n) is 3.10. The third kappa shape index (κ3) is 3.49. The second-order valence-corrected chi connectivity index (χ2v) is 6.36. The van der Waals surface area contributed by atoms with Gasteiger partial charge in [0.15, 0.2) is 0 Å². The lowest BCUT2D eigenvalue weighted by atomic mass is 9.99. The molecule has 3 heterocycles. The van der Waals surface area contributed by atoms with Crippen LogP contribution in [0.2, 0.25) is 0 Å². The molecular formula is C14H20F3N5O. The zero-order valence-corrected chi connectivity index (χ0v) is 13.0. The third-order valence-corrected chi connectivity index (χ3v) is 4.58. The number of amides is 1. The number of nitrogens with zero attached hydrogens (tertiary/aromatic N) is 5. The monoisotopic (exact) mass is 331 g/mol. The number of carbonyl (C=O) groups excluding carboxylic acids is 1. The molecule has 0 unspecified atom stereocenters. The molecule has 2 aliphatic heterocycles. The predicted octanol–water partition coefficient (Wildman–Crippen LogP) is 1.37. The van der Waals surface area contributed by atoms with Crippen molar-refractivity contribution in [1.82, 2.24) is 24.6 Å². The average Bonchev–Trinajstić information content (AvgIpc) is 2.91. The van der Waals surface area contributed by atoms with Gasteiger partial charge in [-0.25, -0.2) is 0 Å². The van der Waals surface area contributed by atoms with Crippen LogP contribution in [0.5, 0.6) is 0 Å². The van der Waals surface area contributed by atoms with E-state index in [0.717, 1.165) is 30.5 Å². The van der Waals surface area contributed by atoms with Crippen molar-refractivity contribution in [2.24, 2.45) is 5.92 Å². The van der Waals surface area contributed by atoms with Gasteiger partial charge >= 0.3 is 6.18 Å². The number of aromatic nitrogens is 3. The summed E-state index contributed by atoms with van der Waals surface area (Å²) in [5.41, 5.74) is 0. The van der Waals surface area contributed by atoms with E-state index in [1.807, 2.05) is 9.80 Å². The van der Waals surface area contributed by atoms with Gasteiger partial charge in [-0.05, 0) is 18.8 Å². The second-order valence-electron chi connectivity index (χ2n) is 6.36. The molecule has 2 aliphatic rings. The first-order valence-electron chi connectivity index (χ1n) is 7.84. The van der Waals surface area contributed by atoms with Gasteiger partial charge in [-0.1, -0.05) is 6.92 Å². The molecule has 1 amide bonds. The van der Waals surface area contributed by atoms with Crippen LogP contribution < -0.4 is 0 Å². The van der Waals surface area contributed by atoms with Gasteiger partial charge in [0.2, 0.25) is 11.7 Å². The van der Waals surface area contributed by atoms with Gasteiger partial charge in [0, 0.05) is 26.2 Å². The van der Waals surface area contributed by atoms with Crippen molar-refractivity contribution < 1.29 is 18.0 Å². The number of rotatable bonds is 2. The van der Waals surface area contributed by atoms with E-state index in [1.165, 1.54) is 0 Å². The van der Waals surface area contributed by atoms with Gasteiger partial charge in [0.25, 0.3) is 0 Å². The Morgan fingerprint density at radius 2 is 1.87 bits per heavy atom. The average molecular weight is 331 g/mol. The lowest BCUT2D eigenvalue weighted by Crippen LogP contribution is -2.46. The number of hydrogen-bond acceptors (Lipinski definition) is 4. The maximum Gasteiger partial charge on any atom is 0.451 e. The molecular weight excluding hydrogens is 311 g/mol. The minimum atomic E-state index is -4.49. The summed E-state index contributed by atoms with van der Waals surface area (Å²) >= 11 is 0. The van der Waals surface area contributed by atoms with Crippen LogP contribution in [-0.4, -0.2) is 56.7 Å². The van der Waals surface area contributed by atoms with Gasteiger partial charge in [-0.2, -0.15) is 13.2 Å². The van der Waals surface area contributed by atoms with Crippen molar-refractivity contribution in [1.29, 1.82) is 0 Å². The second kappa shape index (κ2) is 6.10. The smallest absolute Gasteiger partial charge is 0.342 e. The quantitative estimate of drug-likeness (QED) is 0.821. The fourth-order valence-corrected chi connectivity index (χ4v) is 3.10. The number of piperidine rings is 1. The Labute approximate surface area is 132 Å². The van der Waals surface area contributed by atoms with E-state index in [4.69, 9.17) is 0 Å². The van der Waals surface area contributed by atoms with E-state index < -0.39 is 12.0 Å². The Balaban J connectivity index is 1.60. The number of halogens is 3. The maximum atomic E-state index is 12.8. The molecule has 0 radical (unpaired) electrons. The zero-order valence-electron chi connectivity index (χ0n) is 13.0. The minimum Gasteiger partial charge on any atom is -0.342 e. The summed E-state index contributed by atoms with van der Waals surface area (Å²) in [6.07, 6.45) is -2.47. The van der Waals surface area contributed by atoms with Crippen molar-refractivity contribution in [2.45, 2.75) is 39.0 Å². The number of hydrogen-bond donors (Lipinski definition) is 0. The summed E-state index contributed by atoms with van der Waals surface area (Å²) in [7, 11) is 0. The van der Waals surface area contributed by atoms with Crippen molar-refractivity contribution in [3.05, 3.63) is 11.6 Å². The summed E-state index contributed by atoms with van der Waals surface area (Å²) in [5, 5.41) is 6.88. The Morgan fingerprint density at radius 3 is 2.52 bits per heavy atom. The van der Waals surface area contributed by atoms with Crippen LogP contribution in [0.4, 0.5) is 13.2 Å². The SMILES string of the molecule is CC1CCN(C(=O)CN2CCn3c(nnc3C(F)(F)F)C2)CC1. The summed E-state index contributed by atoms with van der Waals surface area (Å²) in [6.45, 7) is 4.70. The number of carbonyl (C=O) groups is 1. The van der Waals surface area contributed by atoms with Crippen LogP contribution in [0.25, 0.3) is 0 Å². The third-order valence-electron chi connectivity index (χ3n) is 4.58. The molecule has 6 nitrogen and oxygen atoms in total. The number of likely N-dealkylation sites (tertiary alicyclic amines) is 1. The van der Waals surface area contributed by atoms with Crippen LogP contribution in [0.15, 0.2) is 0 Å². The molecule has 1 aromatic heterocycles. The molecule has 1 fully saturated rings.